The van der Waals surface area contributed by atoms with Crippen molar-refractivity contribution in [2.75, 3.05) is 5.32 Å². The van der Waals surface area contributed by atoms with E-state index in [1.54, 1.807) is 24.3 Å². The molecule has 2 aromatic carbocycles. The van der Waals surface area contributed by atoms with Gasteiger partial charge in [0.05, 0.1) is 0 Å². The second-order valence-electron chi connectivity index (χ2n) is 6.06. The summed E-state index contributed by atoms with van der Waals surface area (Å²) in [6, 6.07) is 12.6. The van der Waals surface area contributed by atoms with Crippen molar-refractivity contribution in [3.05, 3.63) is 64.2 Å². The Morgan fingerprint density at radius 3 is 2.50 bits per heavy atom. The highest BCUT2D eigenvalue weighted by Gasteiger charge is 2.29. The highest BCUT2D eigenvalue weighted by atomic mass is 35.5. The molecule has 0 bridgehead atoms. The third kappa shape index (κ3) is 3.95. The van der Waals surface area contributed by atoms with Crippen LogP contribution >= 0.6 is 11.6 Å². The predicted octanol–water partition coefficient (Wildman–Crippen LogP) is 3.93. The Morgan fingerprint density at radius 2 is 1.83 bits per heavy atom. The monoisotopic (exact) mass is 342 g/mol. The number of carbonyl (C=O) groups is 2. The van der Waals surface area contributed by atoms with Gasteiger partial charge < -0.3 is 10.6 Å². The molecule has 5 heteroatoms. The van der Waals surface area contributed by atoms with Crippen LogP contribution in [0.5, 0.6) is 0 Å². The Labute approximate surface area is 146 Å². The summed E-state index contributed by atoms with van der Waals surface area (Å²) < 4.78 is 0. The van der Waals surface area contributed by atoms with Crippen molar-refractivity contribution in [1.29, 1.82) is 0 Å². The molecule has 1 aliphatic rings. The minimum atomic E-state index is -0.186. The molecule has 24 heavy (non-hydrogen) atoms. The topological polar surface area (TPSA) is 58.2 Å². The lowest BCUT2D eigenvalue weighted by molar-refractivity contribution is -0.122. The van der Waals surface area contributed by atoms with Crippen molar-refractivity contribution < 1.29 is 9.59 Å². The van der Waals surface area contributed by atoms with E-state index < -0.39 is 0 Å². The molecule has 1 aliphatic carbocycles. The van der Waals surface area contributed by atoms with E-state index in [0.717, 1.165) is 24.0 Å². The van der Waals surface area contributed by atoms with Crippen molar-refractivity contribution in [3.63, 3.8) is 0 Å². The van der Waals surface area contributed by atoms with Crippen LogP contribution < -0.4 is 10.6 Å². The molecular formula is C19H19ClN2O2. The van der Waals surface area contributed by atoms with Crippen LogP contribution in [0.2, 0.25) is 5.02 Å². The molecule has 1 fully saturated rings. The first kappa shape index (κ1) is 16.5. The van der Waals surface area contributed by atoms with E-state index in [1.807, 2.05) is 25.1 Å². The van der Waals surface area contributed by atoms with Crippen LogP contribution in [-0.4, -0.2) is 11.8 Å². The second-order valence-corrected chi connectivity index (χ2v) is 6.46. The van der Waals surface area contributed by atoms with Gasteiger partial charge in [-0.05, 0) is 55.2 Å². The lowest BCUT2D eigenvalue weighted by atomic mass is 10.1. The lowest BCUT2D eigenvalue weighted by Crippen LogP contribution is -2.24. The molecule has 0 aromatic heterocycles. The number of anilines is 1. The largest absolute Gasteiger partial charge is 0.352 e. The van der Waals surface area contributed by atoms with Gasteiger partial charge in [-0.1, -0.05) is 29.8 Å². The van der Waals surface area contributed by atoms with Crippen molar-refractivity contribution >= 4 is 29.1 Å². The molecule has 2 aromatic rings. The number of hydrogen-bond donors (Lipinski definition) is 2. The molecule has 0 saturated heterocycles. The Balaban J connectivity index is 1.61. The van der Waals surface area contributed by atoms with Crippen LogP contribution in [0.15, 0.2) is 42.5 Å². The molecule has 1 saturated carbocycles. The molecule has 0 unspecified atom stereocenters. The van der Waals surface area contributed by atoms with Crippen LogP contribution in [0.3, 0.4) is 0 Å². The Hall–Kier alpha value is -2.33. The first-order valence-electron chi connectivity index (χ1n) is 7.97. The Kier molecular flexibility index (Phi) is 4.86. The van der Waals surface area contributed by atoms with Gasteiger partial charge in [0.15, 0.2) is 0 Å². The first-order chi connectivity index (χ1) is 11.5. The van der Waals surface area contributed by atoms with Crippen LogP contribution in [0.4, 0.5) is 5.69 Å². The van der Waals surface area contributed by atoms with Crippen LogP contribution in [-0.2, 0) is 11.3 Å². The minimum absolute atomic E-state index is 0.119. The molecule has 3 rings (SSSR count). The van der Waals surface area contributed by atoms with Gasteiger partial charge in [-0.2, -0.15) is 0 Å². The van der Waals surface area contributed by atoms with Gasteiger partial charge in [-0.3, -0.25) is 9.59 Å². The van der Waals surface area contributed by atoms with Crippen LogP contribution in [0.1, 0.15) is 34.3 Å². The summed E-state index contributed by atoms with van der Waals surface area (Å²) in [7, 11) is 0. The van der Waals surface area contributed by atoms with E-state index in [0.29, 0.717) is 22.8 Å². The van der Waals surface area contributed by atoms with Crippen LogP contribution in [0.25, 0.3) is 0 Å². The highest BCUT2D eigenvalue weighted by molar-refractivity contribution is 6.31. The van der Waals surface area contributed by atoms with E-state index in [4.69, 9.17) is 11.6 Å². The maximum Gasteiger partial charge on any atom is 0.255 e. The molecule has 0 atom stereocenters. The summed E-state index contributed by atoms with van der Waals surface area (Å²) >= 11 is 6.07. The number of hydrogen-bond acceptors (Lipinski definition) is 2. The summed E-state index contributed by atoms with van der Waals surface area (Å²) in [5.41, 5.74) is 3.08. The zero-order valence-electron chi connectivity index (χ0n) is 13.4. The smallest absolute Gasteiger partial charge is 0.255 e. The first-order valence-corrected chi connectivity index (χ1v) is 8.35. The molecule has 4 nitrogen and oxygen atoms in total. The zero-order valence-corrected chi connectivity index (χ0v) is 14.2. The minimum Gasteiger partial charge on any atom is -0.352 e. The van der Waals surface area contributed by atoms with E-state index >= 15 is 0 Å². The van der Waals surface area contributed by atoms with Gasteiger partial charge in [0, 0.05) is 28.7 Å². The van der Waals surface area contributed by atoms with E-state index in [1.165, 1.54) is 0 Å². The number of rotatable bonds is 5. The number of nitrogens with one attached hydrogen (secondary N) is 2. The summed E-state index contributed by atoms with van der Waals surface area (Å²) in [4.78, 5) is 24.0. The van der Waals surface area contributed by atoms with Gasteiger partial charge >= 0.3 is 0 Å². The summed E-state index contributed by atoms with van der Waals surface area (Å²) in [5, 5.41) is 6.40. The van der Waals surface area contributed by atoms with E-state index in [2.05, 4.69) is 10.6 Å². The van der Waals surface area contributed by atoms with Crippen molar-refractivity contribution in [3.8, 4) is 0 Å². The third-order valence-corrected chi connectivity index (χ3v) is 4.56. The molecule has 2 N–H and O–H groups in total. The zero-order chi connectivity index (χ0) is 17.1. The fourth-order valence-corrected chi connectivity index (χ4v) is 2.56. The fourth-order valence-electron chi connectivity index (χ4n) is 2.39. The summed E-state index contributed by atoms with van der Waals surface area (Å²) in [6.45, 7) is 2.36. The maximum atomic E-state index is 12.3. The average molecular weight is 343 g/mol. The standard InChI is InChI=1S/C19H19ClN2O2/c1-12-16(20)3-2-4-17(12)22-19(24)15-7-5-13(6-8-15)11-21-18(23)14-9-10-14/h2-8,14H,9-11H2,1H3,(H,21,23)(H,22,24). The molecule has 0 spiro atoms. The fraction of sp³-hybridized carbons (Fsp3) is 0.263. The van der Waals surface area contributed by atoms with Gasteiger partial charge in [0.25, 0.3) is 5.91 Å². The van der Waals surface area contributed by atoms with Gasteiger partial charge in [0.2, 0.25) is 5.91 Å². The predicted molar refractivity (Wildman–Crippen MR) is 95.2 cm³/mol. The number of carbonyl (C=O) groups excluding carboxylic acids is 2. The van der Waals surface area contributed by atoms with Crippen LogP contribution in [0, 0.1) is 12.8 Å². The molecule has 0 heterocycles. The molecule has 0 radical (unpaired) electrons. The lowest BCUT2D eigenvalue weighted by Gasteiger charge is -2.10. The molecule has 0 aliphatic heterocycles. The summed E-state index contributed by atoms with van der Waals surface area (Å²) in [5.74, 6) is 0.137. The van der Waals surface area contributed by atoms with E-state index in [9.17, 15) is 9.59 Å². The number of halogens is 1. The number of benzene rings is 2. The normalized spacial score (nSPS) is 13.4. The molecule has 124 valence electrons. The maximum absolute atomic E-state index is 12.3. The quantitative estimate of drug-likeness (QED) is 0.865. The Bertz CT molecular complexity index is 767. The average Bonchev–Trinajstić information content (AvgIpc) is 3.42. The van der Waals surface area contributed by atoms with Crippen molar-refractivity contribution in [2.24, 2.45) is 5.92 Å². The van der Waals surface area contributed by atoms with Gasteiger partial charge in [-0.15, -0.1) is 0 Å². The molecule has 2 amide bonds. The van der Waals surface area contributed by atoms with E-state index in [-0.39, 0.29) is 17.7 Å². The van der Waals surface area contributed by atoms with Gasteiger partial charge in [-0.25, -0.2) is 0 Å². The highest BCUT2D eigenvalue weighted by Crippen LogP contribution is 2.28. The second kappa shape index (κ2) is 7.05. The number of amides is 2. The SMILES string of the molecule is Cc1c(Cl)cccc1NC(=O)c1ccc(CNC(=O)C2CC2)cc1. The van der Waals surface area contributed by atoms with Crippen molar-refractivity contribution in [1.82, 2.24) is 5.32 Å². The Morgan fingerprint density at radius 1 is 1.12 bits per heavy atom. The van der Waals surface area contributed by atoms with Crippen molar-refractivity contribution in [2.45, 2.75) is 26.3 Å². The third-order valence-electron chi connectivity index (χ3n) is 4.15. The summed E-state index contributed by atoms with van der Waals surface area (Å²) in [6.07, 6.45) is 1.99. The molecular weight excluding hydrogens is 324 g/mol. The van der Waals surface area contributed by atoms with Gasteiger partial charge in [0.1, 0.15) is 0 Å².